The molecule has 0 unspecified atom stereocenters. The Hall–Kier alpha value is -0.940. The van der Waals surface area contributed by atoms with Gasteiger partial charge in [0.1, 0.15) is 6.61 Å². The lowest BCUT2D eigenvalue weighted by Crippen LogP contribution is -2.16. The average Bonchev–Trinajstić information content (AvgIpc) is 2.71. The van der Waals surface area contributed by atoms with E-state index in [2.05, 4.69) is 28.2 Å². The van der Waals surface area contributed by atoms with Crippen LogP contribution in [0.25, 0.3) is 0 Å². The largest absolute Gasteiger partial charge is 0.493 e. The first-order valence-electron chi connectivity index (χ1n) is 10.2. The van der Waals surface area contributed by atoms with E-state index in [9.17, 15) is 0 Å². The van der Waals surface area contributed by atoms with Gasteiger partial charge in [-0.05, 0) is 37.2 Å². The molecule has 29 heavy (non-hydrogen) atoms. The molecule has 0 atom stereocenters. The first-order chi connectivity index (χ1) is 14.1. The van der Waals surface area contributed by atoms with Crippen molar-refractivity contribution in [1.29, 1.82) is 0 Å². The van der Waals surface area contributed by atoms with E-state index in [1.165, 1.54) is 38.5 Å². The fourth-order valence-electron chi connectivity index (χ4n) is 3.12. The molecule has 2 rings (SSSR count). The Balaban J connectivity index is 2.00. The summed E-state index contributed by atoms with van der Waals surface area (Å²) in [5.41, 5.74) is 1.79. The molecule has 0 heterocycles. The van der Waals surface area contributed by atoms with Crippen LogP contribution >= 0.6 is 39.1 Å². The van der Waals surface area contributed by atoms with E-state index in [1.54, 1.807) is 7.11 Å². The highest BCUT2D eigenvalue weighted by atomic mass is 79.9. The summed E-state index contributed by atoms with van der Waals surface area (Å²) in [6.45, 7) is 4.19. The van der Waals surface area contributed by atoms with Crippen LogP contribution < -0.4 is 14.8 Å². The Morgan fingerprint density at radius 3 is 2.31 bits per heavy atom. The van der Waals surface area contributed by atoms with Gasteiger partial charge in [-0.1, -0.05) is 84.2 Å². The zero-order chi connectivity index (χ0) is 21.1. The molecule has 0 amide bonds. The average molecular weight is 503 g/mol. The molecular formula is C23H30BrCl2NO2. The van der Waals surface area contributed by atoms with Crippen molar-refractivity contribution in [2.45, 2.75) is 58.6 Å². The van der Waals surface area contributed by atoms with Gasteiger partial charge in [0.2, 0.25) is 0 Å². The van der Waals surface area contributed by atoms with E-state index >= 15 is 0 Å². The third-order valence-corrected chi connectivity index (χ3v) is 6.27. The maximum atomic E-state index is 6.29. The van der Waals surface area contributed by atoms with E-state index < -0.39 is 0 Å². The monoisotopic (exact) mass is 501 g/mol. The molecule has 0 aliphatic heterocycles. The van der Waals surface area contributed by atoms with Gasteiger partial charge in [-0.3, -0.25) is 0 Å². The van der Waals surface area contributed by atoms with Crippen LogP contribution in [0.15, 0.2) is 34.8 Å². The summed E-state index contributed by atoms with van der Waals surface area (Å²) in [6, 6.07) is 9.33. The molecule has 0 saturated heterocycles. The van der Waals surface area contributed by atoms with Gasteiger partial charge in [0.25, 0.3) is 0 Å². The number of rotatable bonds is 13. The standard InChI is InChI=1S/C23H30BrCl2NO2/c1-3-4-5-6-7-8-14-27-15-17-19(24)12-13-22(28-2)23(17)29-16-18-20(25)10-9-11-21(18)26/h9-13,27H,3-8,14-16H2,1-2H3. The number of hydrogen-bond acceptors (Lipinski definition) is 3. The van der Waals surface area contributed by atoms with E-state index in [4.69, 9.17) is 32.7 Å². The van der Waals surface area contributed by atoms with E-state index in [1.807, 2.05) is 30.3 Å². The van der Waals surface area contributed by atoms with Gasteiger partial charge in [0.05, 0.1) is 7.11 Å². The highest BCUT2D eigenvalue weighted by Crippen LogP contribution is 2.37. The molecule has 0 bridgehead atoms. The predicted molar refractivity (Wildman–Crippen MR) is 127 cm³/mol. The molecule has 3 nitrogen and oxygen atoms in total. The molecule has 160 valence electrons. The molecule has 0 saturated carbocycles. The van der Waals surface area contributed by atoms with Gasteiger partial charge in [-0.2, -0.15) is 0 Å². The quantitative estimate of drug-likeness (QED) is 0.283. The van der Waals surface area contributed by atoms with Gasteiger partial charge in [-0.15, -0.1) is 0 Å². The number of unbranched alkanes of at least 4 members (excludes halogenated alkanes) is 5. The summed E-state index contributed by atoms with van der Waals surface area (Å²) in [6.07, 6.45) is 7.70. The predicted octanol–water partition coefficient (Wildman–Crippen LogP) is 7.79. The number of nitrogens with one attached hydrogen (secondary N) is 1. The Morgan fingerprint density at radius 2 is 1.62 bits per heavy atom. The first kappa shape index (κ1) is 24.3. The minimum Gasteiger partial charge on any atom is -0.493 e. The third kappa shape index (κ3) is 7.67. The van der Waals surface area contributed by atoms with Crippen LogP contribution in [-0.2, 0) is 13.2 Å². The minimum absolute atomic E-state index is 0.274. The van der Waals surface area contributed by atoms with Gasteiger partial charge in [0.15, 0.2) is 11.5 Å². The summed E-state index contributed by atoms with van der Waals surface area (Å²) in [5, 5.41) is 4.71. The van der Waals surface area contributed by atoms with E-state index in [0.717, 1.165) is 22.1 Å². The van der Waals surface area contributed by atoms with E-state index in [0.29, 0.717) is 28.1 Å². The SMILES string of the molecule is CCCCCCCCNCc1c(Br)ccc(OC)c1OCc1c(Cl)cccc1Cl. The first-order valence-corrected chi connectivity index (χ1v) is 11.7. The summed E-state index contributed by atoms with van der Waals surface area (Å²) >= 11 is 16.2. The molecule has 0 fully saturated rings. The van der Waals surface area contributed by atoms with Crippen molar-refractivity contribution in [2.24, 2.45) is 0 Å². The minimum atomic E-state index is 0.274. The normalized spacial score (nSPS) is 10.9. The summed E-state index contributed by atoms with van der Waals surface area (Å²) in [4.78, 5) is 0. The zero-order valence-corrected chi connectivity index (χ0v) is 20.3. The maximum absolute atomic E-state index is 6.29. The Morgan fingerprint density at radius 1 is 0.931 bits per heavy atom. The summed E-state index contributed by atoms with van der Waals surface area (Å²) in [5.74, 6) is 1.39. The molecule has 0 aliphatic carbocycles. The van der Waals surface area contributed by atoms with Crippen molar-refractivity contribution in [3.05, 3.63) is 56.0 Å². The third-order valence-electron chi connectivity index (χ3n) is 4.82. The van der Waals surface area contributed by atoms with Crippen molar-refractivity contribution in [1.82, 2.24) is 5.32 Å². The van der Waals surface area contributed by atoms with Gasteiger partial charge in [-0.25, -0.2) is 0 Å². The van der Waals surface area contributed by atoms with Gasteiger partial charge in [0, 0.05) is 32.2 Å². The summed E-state index contributed by atoms with van der Waals surface area (Å²) in [7, 11) is 1.64. The number of benzene rings is 2. The molecule has 0 spiro atoms. The molecule has 0 radical (unpaired) electrons. The number of halogens is 3. The lowest BCUT2D eigenvalue weighted by atomic mass is 10.1. The fourth-order valence-corrected chi connectivity index (χ4v) is 4.08. The van der Waals surface area contributed by atoms with Crippen LogP contribution in [0.3, 0.4) is 0 Å². The van der Waals surface area contributed by atoms with Crippen molar-refractivity contribution in [2.75, 3.05) is 13.7 Å². The molecule has 2 aromatic rings. The number of hydrogen-bond donors (Lipinski definition) is 1. The van der Waals surface area contributed by atoms with Crippen molar-refractivity contribution in [3.8, 4) is 11.5 Å². The fraction of sp³-hybridized carbons (Fsp3) is 0.478. The van der Waals surface area contributed by atoms with Crippen LogP contribution in [0, 0.1) is 0 Å². The molecule has 2 aromatic carbocycles. The van der Waals surface area contributed by atoms with Crippen LogP contribution in [0.5, 0.6) is 11.5 Å². The summed E-state index contributed by atoms with van der Waals surface area (Å²) < 4.78 is 12.7. The van der Waals surface area contributed by atoms with Crippen molar-refractivity contribution >= 4 is 39.1 Å². The van der Waals surface area contributed by atoms with Gasteiger partial charge < -0.3 is 14.8 Å². The topological polar surface area (TPSA) is 30.5 Å². The molecule has 0 aromatic heterocycles. The van der Waals surface area contributed by atoms with Gasteiger partial charge >= 0.3 is 0 Å². The van der Waals surface area contributed by atoms with Crippen LogP contribution in [0.2, 0.25) is 10.0 Å². The Labute approximate surface area is 193 Å². The van der Waals surface area contributed by atoms with Crippen molar-refractivity contribution in [3.63, 3.8) is 0 Å². The second-order valence-corrected chi connectivity index (χ2v) is 8.66. The second-order valence-electron chi connectivity index (χ2n) is 6.99. The molecule has 0 aliphatic rings. The molecular weight excluding hydrogens is 473 g/mol. The Bertz CT molecular complexity index is 751. The highest BCUT2D eigenvalue weighted by Gasteiger charge is 2.16. The maximum Gasteiger partial charge on any atom is 0.167 e. The smallest absolute Gasteiger partial charge is 0.167 e. The molecule has 6 heteroatoms. The highest BCUT2D eigenvalue weighted by molar-refractivity contribution is 9.10. The van der Waals surface area contributed by atoms with Crippen LogP contribution in [-0.4, -0.2) is 13.7 Å². The van der Waals surface area contributed by atoms with Crippen LogP contribution in [0.4, 0.5) is 0 Å². The number of methoxy groups -OCH3 is 1. The zero-order valence-electron chi connectivity index (χ0n) is 17.2. The second kappa shape index (κ2) is 13.4. The van der Waals surface area contributed by atoms with E-state index in [-0.39, 0.29) is 6.61 Å². The lowest BCUT2D eigenvalue weighted by Gasteiger charge is -2.18. The van der Waals surface area contributed by atoms with Crippen molar-refractivity contribution < 1.29 is 9.47 Å². The van der Waals surface area contributed by atoms with Crippen LogP contribution in [0.1, 0.15) is 56.6 Å². The molecule has 1 N–H and O–H groups in total. The lowest BCUT2D eigenvalue weighted by molar-refractivity contribution is 0.280. The number of ether oxygens (including phenoxy) is 2. The Kier molecular flexibility index (Phi) is 11.2.